The van der Waals surface area contributed by atoms with Crippen LogP contribution in [0.1, 0.15) is 105 Å². The molecule has 0 bridgehead atoms. The summed E-state index contributed by atoms with van der Waals surface area (Å²) in [6.45, 7) is 11.1. The van der Waals surface area contributed by atoms with E-state index in [1.54, 1.807) is 5.57 Å². The van der Waals surface area contributed by atoms with E-state index >= 15 is 0 Å². The van der Waals surface area contributed by atoms with Gasteiger partial charge in [-0.1, -0.05) is 39.3 Å². The van der Waals surface area contributed by atoms with Crippen LogP contribution < -0.4 is 0 Å². The number of carbonyl (C=O) groups excluding carboxylic acids is 2. The van der Waals surface area contributed by atoms with Gasteiger partial charge in [-0.05, 0) is 91.8 Å². The van der Waals surface area contributed by atoms with Crippen molar-refractivity contribution in [1.29, 1.82) is 0 Å². The van der Waals surface area contributed by atoms with E-state index in [9.17, 15) is 9.59 Å². The fourth-order valence-electron chi connectivity index (χ4n) is 8.70. The molecule has 8 atom stereocenters. The Bertz CT molecular complexity index is 739. The van der Waals surface area contributed by atoms with E-state index in [-0.39, 0.29) is 12.1 Å². The van der Waals surface area contributed by atoms with E-state index in [2.05, 4.69) is 26.8 Å². The summed E-state index contributed by atoms with van der Waals surface area (Å²) >= 11 is 0. The Morgan fingerprint density at radius 2 is 1.90 bits per heavy atom. The minimum absolute atomic E-state index is 0.0878. The zero-order valence-electron chi connectivity index (χ0n) is 20.5. The number of ketones is 1. The SMILES string of the molecule is CCC(=O)CC[C@@H](C)[C@@H]1CC[C@@H]2[C@H]3CC=C4C[C@@H](OC(C)=O)CC[C@]4(C)[C@@H]3CC[C@]21C. The summed E-state index contributed by atoms with van der Waals surface area (Å²) in [5, 5.41) is 0. The Hall–Kier alpha value is -1.12. The predicted molar refractivity (Wildman–Crippen MR) is 124 cm³/mol. The first-order valence-electron chi connectivity index (χ1n) is 13.1. The van der Waals surface area contributed by atoms with Crippen LogP contribution in [0, 0.1) is 40.4 Å². The lowest BCUT2D eigenvalue weighted by molar-refractivity contribution is -0.148. The topological polar surface area (TPSA) is 43.4 Å². The van der Waals surface area contributed by atoms with Gasteiger partial charge >= 0.3 is 5.97 Å². The van der Waals surface area contributed by atoms with Crippen LogP contribution in [0.25, 0.3) is 0 Å². The molecule has 0 aromatic heterocycles. The summed E-state index contributed by atoms with van der Waals surface area (Å²) in [7, 11) is 0. The summed E-state index contributed by atoms with van der Waals surface area (Å²) in [6.07, 6.45) is 15.0. The first-order chi connectivity index (χ1) is 14.7. The standard InChI is InChI=1S/C28H44O3/c1-6-21(30)9-7-18(2)24-11-12-25-23-10-8-20-17-22(31-19(3)29)13-15-27(20,4)26(23)14-16-28(24,25)5/h8,18,22-26H,6-7,9-17H2,1-5H3/t18-,22+,23-,24+,25-,26-,27+,28+/m1/s1. The largest absolute Gasteiger partial charge is 0.462 e. The molecular formula is C28H44O3. The quantitative estimate of drug-likeness (QED) is 0.342. The van der Waals surface area contributed by atoms with Crippen LogP contribution in [0.2, 0.25) is 0 Å². The van der Waals surface area contributed by atoms with Gasteiger partial charge in [0, 0.05) is 26.2 Å². The molecule has 3 saturated carbocycles. The van der Waals surface area contributed by atoms with Gasteiger partial charge in [0.1, 0.15) is 11.9 Å². The van der Waals surface area contributed by atoms with Crippen molar-refractivity contribution in [2.45, 2.75) is 111 Å². The molecule has 3 heteroatoms. The number of rotatable bonds is 6. The lowest BCUT2D eigenvalue weighted by Crippen LogP contribution is -2.51. The smallest absolute Gasteiger partial charge is 0.302 e. The molecule has 0 aromatic carbocycles. The molecule has 0 spiro atoms. The average Bonchev–Trinajstić information content (AvgIpc) is 3.09. The molecule has 0 N–H and O–H groups in total. The summed E-state index contributed by atoms with van der Waals surface area (Å²) in [5.74, 6) is 4.17. The van der Waals surface area contributed by atoms with Crippen LogP contribution >= 0.6 is 0 Å². The maximum Gasteiger partial charge on any atom is 0.302 e. The van der Waals surface area contributed by atoms with Gasteiger partial charge in [0.2, 0.25) is 0 Å². The zero-order valence-corrected chi connectivity index (χ0v) is 20.5. The number of esters is 1. The second-order valence-electron chi connectivity index (χ2n) is 11.9. The predicted octanol–water partition coefficient (Wildman–Crippen LogP) is 6.89. The number of hydrogen-bond donors (Lipinski definition) is 0. The Kier molecular flexibility index (Phi) is 6.45. The Morgan fingerprint density at radius 1 is 1.13 bits per heavy atom. The number of allylic oxidation sites excluding steroid dienone is 1. The van der Waals surface area contributed by atoms with Crippen LogP contribution in [-0.2, 0) is 14.3 Å². The monoisotopic (exact) mass is 428 g/mol. The Morgan fingerprint density at radius 3 is 2.61 bits per heavy atom. The number of ether oxygens (including phenoxy) is 1. The first-order valence-corrected chi connectivity index (χ1v) is 13.1. The van der Waals surface area contributed by atoms with Gasteiger partial charge in [-0.25, -0.2) is 0 Å². The van der Waals surface area contributed by atoms with Crippen molar-refractivity contribution in [3.05, 3.63) is 11.6 Å². The molecule has 3 fully saturated rings. The van der Waals surface area contributed by atoms with Crippen LogP contribution in [0.5, 0.6) is 0 Å². The molecule has 0 radical (unpaired) electrons. The zero-order chi connectivity index (χ0) is 22.4. The molecule has 0 aromatic rings. The van der Waals surface area contributed by atoms with Crippen molar-refractivity contribution in [2.24, 2.45) is 40.4 Å². The first kappa shape index (κ1) is 23.1. The van der Waals surface area contributed by atoms with Crippen LogP contribution in [-0.4, -0.2) is 17.9 Å². The molecule has 31 heavy (non-hydrogen) atoms. The molecule has 4 aliphatic rings. The summed E-state index contributed by atoms with van der Waals surface area (Å²) in [5.41, 5.74) is 2.33. The Balaban J connectivity index is 1.48. The van der Waals surface area contributed by atoms with Crippen molar-refractivity contribution >= 4 is 11.8 Å². The van der Waals surface area contributed by atoms with E-state index in [0.29, 0.717) is 29.0 Å². The van der Waals surface area contributed by atoms with E-state index < -0.39 is 0 Å². The van der Waals surface area contributed by atoms with Gasteiger partial charge in [0.25, 0.3) is 0 Å². The highest BCUT2D eigenvalue weighted by Crippen LogP contribution is 2.67. The molecule has 4 aliphatic carbocycles. The van der Waals surface area contributed by atoms with E-state index in [1.807, 2.05) is 6.92 Å². The molecule has 0 amide bonds. The molecule has 4 rings (SSSR count). The molecule has 0 unspecified atom stereocenters. The lowest BCUT2D eigenvalue weighted by Gasteiger charge is -2.58. The van der Waals surface area contributed by atoms with Gasteiger partial charge in [-0.15, -0.1) is 0 Å². The van der Waals surface area contributed by atoms with Gasteiger partial charge in [0.15, 0.2) is 0 Å². The summed E-state index contributed by atoms with van der Waals surface area (Å²) in [6, 6.07) is 0. The summed E-state index contributed by atoms with van der Waals surface area (Å²) in [4.78, 5) is 23.4. The molecule has 0 aliphatic heterocycles. The third kappa shape index (κ3) is 4.04. The van der Waals surface area contributed by atoms with Crippen LogP contribution in [0.4, 0.5) is 0 Å². The lowest BCUT2D eigenvalue weighted by atomic mass is 9.47. The van der Waals surface area contributed by atoms with Crippen molar-refractivity contribution in [3.8, 4) is 0 Å². The normalized spacial score (nSPS) is 42.6. The van der Waals surface area contributed by atoms with E-state index in [1.165, 1.54) is 45.4 Å². The number of hydrogen-bond acceptors (Lipinski definition) is 3. The molecule has 0 saturated heterocycles. The highest BCUT2D eigenvalue weighted by molar-refractivity contribution is 5.77. The van der Waals surface area contributed by atoms with Gasteiger partial charge in [-0.3, -0.25) is 9.59 Å². The number of Topliss-reactive ketones (excluding diaryl/α,β-unsaturated/α-hetero) is 1. The van der Waals surface area contributed by atoms with E-state index in [4.69, 9.17) is 4.74 Å². The molecular weight excluding hydrogens is 384 g/mol. The van der Waals surface area contributed by atoms with Crippen molar-refractivity contribution in [1.82, 2.24) is 0 Å². The summed E-state index contributed by atoms with van der Waals surface area (Å²) < 4.78 is 5.59. The maximum atomic E-state index is 11.9. The van der Waals surface area contributed by atoms with Crippen molar-refractivity contribution < 1.29 is 14.3 Å². The molecule has 174 valence electrons. The second kappa shape index (κ2) is 8.67. The van der Waals surface area contributed by atoms with Gasteiger partial charge in [-0.2, -0.15) is 0 Å². The van der Waals surface area contributed by atoms with Crippen LogP contribution in [0.3, 0.4) is 0 Å². The Labute approximate surface area is 189 Å². The maximum absolute atomic E-state index is 11.9. The highest BCUT2D eigenvalue weighted by Gasteiger charge is 2.59. The third-order valence-electron chi connectivity index (χ3n) is 10.4. The van der Waals surface area contributed by atoms with Crippen LogP contribution in [0.15, 0.2) is 11.6 Å². The molecule has 0 heterocycles. The molecule has 3 nitrogen and oxygen atoms in total. The fraction of sp³-hybridized carbons (Fsp3) is 0.857. The van der Waals surface area contributed by atoms with Gasteiger partial charge in [0.05, 0.1) is 0 Å². The van der Waals surface area contributed by atoms with Crippen molar-refractivity contribution in [3.63, 3.8) is 0 Å². The second-order valence-corrected chi connectivity index (χ2v) is 11.9. The van der Waals surface area contributed by atoms with Crippen molar-refractivity contribution in [2.75, 3.05) is 0 Å². The third-order valence-corrected chi connectivity index (χ3v) is 10.4. The minimum atomic E-state index is -0.136. The fourth-order valence-corrected chi connectivity index (χ4v) is 8.70. The number of fused-ring (bicyclic) bond motifs is 5. The van der Waals surface area contributed by atoms with Gasteiger partial charge < -0.3 is 4.74 Å². The van der Waals surface area contributed by atoms with E-state index in [0.717, 1.165) is 49.4 Å². The number of carbonyl (C=O) groups is 2. The highest BCUT2D eigenvalue weighted by atomic mass is 16.5. The average molecular weight is 429 g/mol. The minimum Gasteiger partial charge on any atom is -0.462 e.